The van der Waals surface area contributed by atoms with Crippen LogP contribution >= 0.6 is 15.9 Å². The Morgan fingerprint density at radius 3 is 2.76 bits per heavy atom. The van der Waals surface area contributed by atoms with Crippen molar-refractivity contribution in [1.29, 1.82) is 0 Å². The van der Waals surface area contributed by atoms with Crippen LogP contribution in [-0.4, -0.2) is 23.0 Å². The second-order valence-electron chi connectivity index (χ2n) is 3.71. The van der Waals surface area contributed by atoms with Gasteiger partial charge in [0.1, 0.15) is 5.75 Å². The van der Waals surface area contributed by atoms with Crippen LogP contribution in [0.4, 0.5) is 0 Å². The lowest BCUT2D eigenvalue weighted by Crippen LogP contribution is -2.35. The van der Waals surface area contributed by atoms with Crippen LogP contribution in [0.15, 0.2) is 22.7 Å². The molecule has 0 saturated heterocycles. The van der Waals surface area contributed by atoms with E-state index in [0.29, 0.717) is 4.47 Å². The van der Waals surface area contributed by atoms with Crippen LogP contribution in [0.5, 0.6) is 5.75 Å². The molecule has 1 atom stereocenters. The van der Waals surface area contributed by atoms with E-state index in [-0.39, 0.29) is 23.8 Å². The number of hydrogen-bond acceptors (Lipinski definition) is 3. The van der Waals surface area contributed by atoms with Crippen LogP contribution in [0.2, 0.25) is 0 Å². The Kier molecular flexibility index (Phi) is 4.51. The molecular weight excluding hydrogens is 288 g/mol. The Bertz CT molecular complexity index is 448. The van der Waals surface area contributed by atoms with Crippen molar-refractivity contribution >= 4 is 27.7 Å². The van der Waals surface area contributed by atoms with Crippen molar-refractivity contribution in [2.75, 3.05) is 0 Å². The molecule has 0 fully saturated rings. The zero-order valence-electron chi connectivity index (χ0n) is 9.24. The van der Waals surface area contributed by atoms with E-state index in [1.54, 1.807) is 13.0 Å². The second kappa shape index (κ2) is 5.67. The van der Waals surface area contributed by atoms with E-state index < -0.39 is 11.8 Å². The standard InChI is InChI=1S/C11H13BrN2O3/c1-6(4-10(13)16)14-11(17)8-5-7(12)2-3-9(8)15/h2-3,5-6,15H,4H2,1H3,(H2,13,16)(H,14,17). The number of benzene rings is 1. The summed E-state index contributed by atoms with van der Waals surface area (Å²) in [5, 5.41) is 12.1. The van der Waals surface area contributed by atoms with Crippen LogP contribution in [0.3, 0.4) is 0 Å². The maximum absolute atomic E-state index is 11.8. The van der Waals surface area contributed by atoms with Gasteiger partial charge in [-0.25, -0.2) is 0 Å². The van der Waals surface area contributed by atoms with E-state index in [9.17, 15) is 14.7 Å². The number of amides is 2. The van der Waals surface area contributed by atoms with Gasteiger partial charge in [0.15, 0.2) is 0 Å². The first-order valence-electron chi connectivity index (χ1n) is 4.98. The van der Waals surface area contributed by atoms with Gasteiger partial charge in [-0.2, -0.15) is 0 Å². The number of phenols is 1. The number of aromatic hydroxyl groups is 1. The summed E-state index contributed by atoms with van der Waals surface area (Å²) in [6, 6.07) is 4.16. The Hall–Kier alpha value is -1.56. The highest BCUT2D eigenvalue weighted by Crippen LogP contribution is 2.21. The van der Waals surface area contributed by atoms with Gasteiger partial charge in [-0.3, -0.25) is 9.59 Å². The third kappa shape index (κ3) is 4.07. The lowest BCUT2D eigenvalue weighted by Gasteiger charge is -2.12. The van der Waals surface area contributed by atoms with Crippen molar-refractivity contribution in [2.24, 2.45) is 5.73 Å². The van der Waals surface area contributed by atoms with Gasteiger partial charge in [0.05, 0.1) is 5.56 Å². The Labute approximate surface area is 107 Å². The lowest BCUT2D eigenvalue weighted by molar-refractivity contribution is -0.118. The van der Waals surface area contributed by atoms with Crippen molar-refractivity contribution < 1.29 is 14.7 Å². The normalized spacial score (nSPS) is 11.9. The van der Waals surface area contributed by atoms with Crippen LogP contribution < -0.4 is 11.1 Å². The molecule has 0 bridgehead atoms. The molecule has 0 heterocycles. The summed E-state index contributed by atoms with van der Waals surface area (Å²) in [5.74, 6) is -1.05. The van der Waals surface area contributed by atoms with Gasteiger partial charge in [0.2, 0.25) is 5.91 Å². The number of halogens is 1. The Morgan fingerprint density at radius 1 is 1.53 bits per heavy atom. The summed E-state index contributed by atoms with van der Waals surface area (Å²) in [5.41, 5.74) is 5.16. The average Bonchev–Trinajstić information content (AvgIpc) is 2.20. The van der Waals surface area contributed by atoms with E-state index in [1.165, 1.54) is 12.1 Å². The first kappa shape index (κ1) is 13.5. The highest BCUT2D eigenvalue weighted by Gasteiger charge is 2.15. The van der Waals surface area contributed by atoms with Gasteiger partial charge < -0.3 is 16.2 Å². The van der Waals surface area contributed by atoms with Gasteiger partial charge in [0, 0.05) is 16.9 Å². The van der Waals surface area contributed by atoms with Crippen LogP contribution in [-0.2, 0) is 4.79 Å². The molecule has 4 N–H and O–H groups in total. The fourth-order valence-corrected chi connectivity index (χ4v) is 1.71. The molecule has 5 nitrogen and oxygen atoms in total. The van der Waals surface area contributed by atoms with Crippen molar-refractivity contribution in [3.05, 3.63) is 28.2 Å². The minimum absolute atomic E-state index is 0.0561. The number of nitrogens with two attached hydrogens (primary N) is 1. The number of rotatable bonds is 4. The average molecular weight is 301 g/mol. The highest BCUT2D eigenvalue weighted by atomic mass is 79.9. The molecule has 17 heavy (non-hydrogen) atoms. The quantitative estimate of drug-likeness (QED) is 0.779. The molecule has 0 aromatic heterocycles. The highest BCUT2D eigenvalue weighted by molar-refractivity contribution is 9.10. The number of hydrogen-bond donors (Lipinski definition) is 3. The van der Waals surface area contributed by atoms with Gasteiger partial charge in [-0.05, 0) is 25.1 Å². The van der Waals surface area contributed by atoms with Crippen LogP contribution in [0, 0.1) is 0 Å². The van der Waals surface area contributed by atoms with Gasteiger partial charge in [-0.1, -0.05) is 15.9 Å². The monoisotopic (exact) mass is 300 g/mol. The van der Waals surface area contributed by atoms with Crippen molar-refractivity contribution in [3.8, 4) is 5.75 Å². The first-order valence-corrected chi connectivity index (χ1v) is 5.77. The van der Waals surface area contributed by atoms with Crippen molar-refractivity contribution in [2.45, 2.75) is 19.4 Å². The van der Waals surface area contributed by atoms with Crippen LogP contribution in [0.25, 0.3) is 0 Å². The summed E-state index contributed by atoms with van der Waals surface area (Å²) in [6.45, 7) is 1.66. The minimum atomic E-state index is -0.490. The third-order valence-electron chi connectivity index (χ3n) is 2.09. The number of nitrogens with one attached hydrogen (secondary N) is 1. The SMILES string of the molecule is CC(CC(N)=O)NC(=O)c1cc(Br)ccc1O. The molecule has 2 amide bonds. The van der Waals surface area contributed by atoms with Crippen molar-refractivity contribution in [1.82, 2.24) is 5.32 Å². The molecule has 6 heteroatoms. The van der Waals surface area contributed by atoms with E-state index >= 15 is 0 Å². The van der Waals surface area contributed by atoms with E-state index in [4.69, 9.17) is 5.73 Å². The molecule has 1 aromatic carbocycles. The summed E-state index contributed by atoms with van der Waals surface area (Å²) < 4.78 is 0.683. The maximum atomic E-state index is 11.8. The molecule has 0 spiro atoms. The molecule has 0 aliphatic rings. The second-order valence-corrected chi connectivity index (χ2v) is 4.62. The summed E-state index contributed by atoms with van der Waals surface area (Å²) in [7, 11) is 0. The molecule has 1 aromatic rings. The minimum Gasteiger partial charge on any atom is -0.507 e. The molecule has 92 valence electrons. The zero-order chi connectivity index (χ0) is 13.0. The maximum Gasteiger partial charge on any atom is 0.255 e. The predicted octanol–water partition coefficient (Wildman–Crippen LogP) is 1.15. The van der Waals surface area contributed by atoms with Gasteiger partial charge in [-0.15, -0.1) is 0 Å². The molecule has 1 rings (SSSR count). The largest absolute Gasteiger partial charge is 0.507 e. The van der Waals surface area contributed by atoms with E-state index in [2.05, 4.69) is 21.2 Å². The molecule has 0 aliphatic carbocycles. The predicted molar refractivity (Wildman–Crippen MR) is 66.5 cm³/mol. The molecule has 1 unspecified atom stereocenters. The lowest BCUT2D eigenvalue weighted by atomic mass is 10.1. The van der Waals surface area contributed by atoms with Crippen LogP contribution in [0.1, 0.15) is 23.7 Å². The van der Waals surface area contributed by atoms with Gasteiger partial charge in [0.25, 0.3) is 5.91 Å². The third-order valence-corrected chi connectivity index (χ3v) is 2.58. The number of primary amides is 1. The first-order chi connectivity index (χ1) is 7.90. The summed E-state index contributed by atoms with van der Waals surface area (Å²) in [4.78, 5) is 22.4. The zero-order valence-corrected chi connectivity index (χ0v) is 10.8. The van der Waals surface area contributed by atoms with Gasteiger partial charge >= 0.3 is 0 Å². The van der Waals surface area contributed by atoms with E-state index in [1.807, 2.05) is 0 Å². The topological polar surface area (TPSA) is 92.4 Å². The summed E-state index contributed by atoms with van der Waals surface area (Å²) >= 11 is 3.21. The fourth-order valence-electron chi connectivity index (χ4n) is 1.34. The fraction of sp³-hybridized carbons (Fsp3) is 0.273. The number of phenolic OH excluding ortho intramolecular Hbond substituents is 1. The molecular formula is C11H13BrN2O3. The number of carbonyl (C=O) groups is 2. The van der Waals surface area contributed by atoms with E-state index in [0.717, 1.165) is 0 Å². The Balaban J connectivity index is 2.76. The molecule has 0 radical (unpaired) electrons. The van der Waals surface area contributed by atoms with Crippen molar-refractivity contribution in [3.63, 3.8) is 0 Å². The smallest absolute Gasteiger partial charge is 0.255 e. The number of carbonyl (C=O) groups excluding carboxylic acids is 2. The molecule has 0 saturated carbocycles. The Morgan fingerprint density at radius 2 is 2.18 bits per heavy atom. The summed E-state index contributed by atoms with van der Waals surface area (Å²) in [6.07, 6.45) is 0.0561. The molecule has 0 aliphatic heterocycles.